The van der Waals surface area contributed by atoms with Crippen LogP contribution in [0.2, 0.25) is 0 Å². The molecule has 2 rings (SSSR count). The van der Waals surface area contributed by atoms with Gasteiger partial charge in [0.05, 0.1) is 6.10 Å². The van der Waals surface area contributed by atoms with Crippen molar-refractivity contribution >= 4 is 11.3 Å². The lowest BCUT2D eigenvalue weighted by Crippen LogP contribution is -2.22. The predicted molar refractivity (Wildman–Crippen MR) is 64.5 cm³/mol. The van der Waals surface area contributed by atoms with Crippen molar-refractivity contribution in [2.45, 2.75) is 31.8 Å². The smallest absolute Gasteiger partial charge is 0.0588 e. The summed E-state index contributed by atoms with van der Waals surface area (Å²) in [5, 5.41) is 7.84. The molecule has 2 heterocycles. The first kappa shape index (κ1) is 11.1. The van der Waals surface area contributed by atoms with Crippen molar-refractivity contribution in [1.82, 2.24) is 5.32 Å². The number of hydrogen-bond acceptors (Lipinski definition) is 3. The van der Waals surface area contributed by atoms with E-state index in [2.05, 4.69) is 22.1 Å². The van der Waals surface area contributed by atoms with Gasteiger partial charge in [0.1, 0.15) is 0 Å². The van der Waals surface area contributed by atoms with Gasteiger partial charge in [-0.15, -0.1) is 0 Å². The predicted octanol–water partition coefficient (Wildman–Crippen LogP) is 2.45. The summed E-state index contributed by atoms with van der Waals surface area (Å²) in [4.78, 5) is 0. The van der Waals surface area contributed by atoms with Crippen molar-refractivity contribution in [3.05, 3.63) is 22.4 Å². The van der Waals surface area contributed by atoms with Gasteiger partial charge >= 0.3 is 0 Å². The van der Waals surface area contributed by atoms with Crippen molar-refractivity contribution < 1.29 is 4.74 Å². The maximum atomic E-state index is 5.57. The first-order valence-electron chi connectivity index (χ1n) is 5.78. The van der Waals surface area contributed by atoms with Crippen LogP contribution in [0.15, 0.2) is 16.8 Å². The molecule has 2 nitrogen and oxygen atoms in total. The van der Waals surface area contributed by atoms with Crippen LogP contribution in [0.25, 0.3) is 0 Å². The van der Waals surface area contributed by atoms with E-state index in [0.29, 0.717) is 6.10 Å². The highest BCUT2D eigenvalue weighted by Crippen LogP contribution is 2.14. The van der Waals surface area contributed by atoms with Crippen LogP contribution in [0.3, 0.4) is 0 Å². The average molecular weight is 225 g/mol. The normalized spacial score (nSPS) is 20.9. The molecule has 1 aliphatic rings. The van der Waals surface area contributed by atoms with Gasteiger partial charge in [0.25, 0.3) is 0 Å². The summed E-state index contributed by atoms with van der Waals surface area (Å²) in [6.07, 6.45) is 5.35. The zero-order valence-electron chi connectivity index (χ0n) is 9.08. The second-order valence-electron chi connectivity index (χ2n) is 4.06. The van der Waals surface area contributed by atoms with Crippen LogP contribution < -0.4 is 5.32 Å². The van der Waals surface area contributed by atoms with Crippen LogP contribution in [0.4, 0.5) is 0 Å². The van der Waals surface area contributed by atoms with E-state index in [1.807, 2.05) is 0 Å². The summed E-state index contributed by atoms with van der Waals surface area (Å²) >= 11 is 1.78. The fourth-order valence-corrected chi connectivity index (χ4v) is 2.63. The second kappa shape index (κ2) is 6.26. The molecule has 1 atom stereocenters. The molecule has 1 aromatic heterocycles. The fourth-order valence-electron chi connectivity index (χ4n) is 1.93. The Bertz CT molecular complexity index is 255. The number of thiophene rings is 1. The van der Waals surface area contributed by atoms with Crippen LogP contribution in [-0.2, 0) is 11.2 Å². The average Bonchev–Trinajstić information content (AvgIpc) is 2.88. The molecular weight excluding hydrogens is 206 g/mol. The molecule has 84 valence electrons. The minimum absolute atomic E-state index is 0.527. The van der Waals surface area contributed by atoms with Crippen molar-refractivity contribution in [3.8, 4) is 0 Å². The molecule has 1 fully saturated rings. The summed E-state index contributed by atoms with van der Waals surface area (Å²) in [6, 6.07) is 2.20. The van der Waals surface area contributed by atoms with Crippen LogP contribution >= 0.6 is 11.3 Å². The minimum Gasteiger partial charge on any atom is -0.378 e. The molecule has 3 heteroatoms. The lowest BCUT2D eigenvalue weighted by molar-refractivity contribution is 0.104. The van der Waals surface area contributed by atoms with Crippen LogP contribution in [0, 0.1) is 0 Å². The van der Waals surface area contributed by atoms with Gasteiger partial charge in [-0.2, -0.15) is 11.3 Å². The molecule has 1 unspecified atom stereocenters. The van der Waals surface area contributed by atoms with Crippen molar-refractivity contribution in [2.75, 3.05) is 19.7 Å². The van der Waals surface area contributed by atoms with Crippen molar-refractivity contribution in [3.63, 3.8) is 0 Å². The van der Waals surface area contributed by atoms with Gasteiger partial charge in [0, 0.05) is 6.61 Å². The van der Waals surface area contributed by atoms with E-state index >= 15 is 0 Å². The van der Waals surface area contributed by atoms with E-state index in [1.54, 1.807) is 11.3 Å². The molecule has 0 bridgehead atoms. The lowest BCUT2D eigenvalue weighted by Gasteiger charge is -2.09. The van der Waals surface area contributed by atoms with Crippen LogP contribution in [0.1, 0.15) is 24.8 Å². The monoisotopic (exact) mass is 225 g/mol. The van der Waals surface area contributed by atoms with E-state index in [4.69, 9.17) is 4.74 Å². The van der Waals surface area contributed by atoms with E-state index in [1.165, 1.54) is 24.8 Å². The van der Waals surface area contributed by atoms with Gasteiger partial charge in [0.2, 0.25) is 0 Å². The van der Waals surface area contributed by atoms with Gasteiger partial charge in [-0.25, -0.2) is 0 Å². The van der Waals surface area contributed by atoms with E-state index in [0.717, 1.165) is 26.1 Å². The Hall–Kier alpha value is -0.380. The summed E-state index contributed by atoms with van der Waals surface area (Å²) in [5.74, 6) is 0. The Labute approximate surface area is 95.6 Å². The molecule has 1 N–H and O–H groups in total. The molecule has 0 radical (unpaired) electrons. The van der Waals surface area contributed by atoms with Crippen LogP contribution in [-0.4, -0.2) is 25.8 Å². The molecular formula is C12H19NOS. The minimum atomic E-state index is 0.527. The third-order valence-electron chi connectivity index (χ3n) is 2.84. The number of rotatable bonds is 6. The zero-order valence-corrected chi connectivity index (χ0v) is 9.89. The number of ether oxygens (including phenoxy) is 1. The first-order chi connectivity index (χ1) is 7.45. The van der Waals surface area contributed by atoms with E-state index in [-0.39, 0.29) is 0 Å². The Balaban J connectivity index is 1.48. The molecule has 1 saturated heterocycles. The Morgan fingerprint density at radius 3 is 3.20 bits per heavy atom. The largest absolute Gasteiger partial charge is 0.378 e. The maximum absolute atomic E-state index is 5.57. The van der Waals surface area contributed by atoms with Gasteiger partial charge in [0.15, 0.2) is 0 Å². The van der Waals surface area contributed by atoms with Gasteiger partial charge in [-0.3, -0.25) is 0 Å². The molecule has 15 heavy (non-hydrogen) atoms. The molecule has 1 aliphatic heterocycles. The topological polar surface area (TPSA) is 21.3 Å². The van der Waals surface area contributed by atoms with E-state index < -0.39 is 0 Å². The molecule has 0 amide bonds. The molecule has 1 aromatic rings. The number of nitrogens with one attached hydrogen (secondary N) is 1. The lowest BCUT2D eigenvalue weighted by atomic mass is 10.2. The summed E-state index contributed by atoms with van der Waals surface area (Å²) in [5.41, 5.74) is 1.45. The Morgan fingerprint density at radius 2 is 2.47 bits per heavy atom. The van der Waals surface area contributed by atoms with Crippen LogP contribution in [0.5, 0.6) is 0 Å². The molecule has 0 spiro atoms. The molecule has 0 aliphatic carbocycles. The highest BCUT2D eigenvalue weighted by molar-refractivity contribution is 7.07. The van der Waals surface area contributed by atoms with Gasteiger partial charge in [-0.1, -0.05) is 0 Å². The zero-order chi connectivity index (χ0) is 10.3. The Morgan fingerprint density at radius 1 is 1.47 bits per heavy atom. The molecule has 0 aromatic carbocycles. The van der Waals surface area contributed by atoms with E-state index in [9.17, 15) is 0 Å². The SMILES string of the molecule is c1cc(CCNCCC2CCCO2)cs1. The standard InChI is InChI=1S/C12H19NOS/c1-2-12(14-8-1)4-7-13-6-3-11-5-9-15-10-11/h5,9-10,12-13H,1-4,6-8H2. The third-order valence-corrected chi connectivity index (χ3v) is 3.57. The van der Waals surface area contributed by atoms with Gasteiger partial charge in [-0.05, 0) is 61.2 Å². The maximum Gasteiger partial charge on any atom is 0.0588 e. The Kier molecular flexibility index (Phi) is 4.64. The number of hydrogen-bond donors (Lipinski definition) is 1. The fraction of sp³-hybridized carbons (Fsp3) is 0.667. The van der Waals surface area contributed by atoms with Crippen molar-refractivity contribution in [1.29, 1.82) is 0 Å². The third kappa shape index (κ3) is 3.93. The summed E-state index contributed by atoms with van der Waals surface area (Å²) in [7, 11) is 0. The van der Waals surface area contributed by atoms with Gasteiger partial charge < -0.3 is 10.1 Å². The summed E-state index contributed by atoms with van der Waals surface area (Å²) in [6.45, 7) is 3.15. The quantitative estimate of drug-likeness (QED) is 0.751. The summed E-state index contributed by atoms with van der Waals surface area (Å²) < 4.78 is 5.57. The second-order valence-corrected chi connectivity index (χ2v) is 4.84. The first-order valence-corrected chi connectivity index (χ1v) is 6.73. The van der Waals surface area contributed by atoms with Crippen molar-refractivity contribution in [2.24, 2.45) is 0 Å². The molecule has 0 saturated carbocycles. The highest BCUT2D eigenvalue weighted by atomic mass is 32.1. The highest BCUT2D eigenvalue weighted by Gasteiger charge is 2.14.